The number of nitrogens with zero attached hydrogens (tertiary/aromatic N) is 1. The zero-order valence-electron chi connectivity index (χ0n) is 13.7. The van der Waals surface area contributed by atoms with E-state index in [0.717, 1.165) is 12.8 Å². The van der Waals surface area contributed by atoms with Gasteiger partial charge in [-0.1, -0.05) is 45.2 Å². The van der Waals surface area contributed by atoms with Crippen LogP contribution in [0.1, 0.15) is 65.7 Å². The zero-order valence-corrected chi connectivity index (χ0v) is 13.7. The molecule has 0 radical (unpaired) electrons. The summed E-state index contributed by atoms with van der Waals surface area (Å²) in [5.74, 6) is 0.0221. The van der Waals surface area contributed by atoms with Crippen molar-refractivity contribution in [2.75, 3.05) is 6.54 Å². The number of nitrogens with two attached hydrogens (primary N) is 1. The fourth-order valence-electron chi connectivity index (χ4n) is 3.61. The van der Waals surface area contributed by atoms with Crippen LogP contribution in [0.2, 0.25) is 0 Å². The van der Waals surface area contributed by atoms with Gasteiger partial charge in [0.1, 0.15) is 0 Å². The van der Waals surface area contributed by atoms with E-state index in [1.54, 1.807) is 0 Å². The van der Waals surface area contributed by atoms with Gasteiger partial charge >= 0.3 is 0 Å². The third-order valence-electron chi connectivity index (χ3n) is 4.51. The summed E-state index contributed by atoms with van der Waals surface area (Å²) in [6, 6.07) is 0. The Labute approximate surface area is 128 Å². The van der Waals surface area contributed by atoms with Crippen LogP contribution in [0, 0.1) is 17.3 Å². The van der Waals surface area contributed by atoms with E-state index in [2.05, 4.69) is 24.3 Å². The van der Waals surface area contributed by atoms with Crippen molar-refractivity contribution in [3.63, 3.8) is 0 Å². The van der Waals surface area contributed by atoms with Gasteiger partial charge < -0.3 is 16.3 Å². The second-order valence-corrected chi connectivity index (χ2v) is 6.89. The van der Waals surface area contributed by atoms with E-state index >= 15 is 0 Å². The molecule has 1 fully saturated rings. The predicted molar refractivity (Wildman–Crippen MR) is 85.2 cm³/mol. The van der Waals surface area contributed by atoms with Gasteiger partial charge in [-0.05, 0) is 37.0 Å². The Morgan fingerprint density at radius 3 is 2.48 bits per heavy atom. The molecule has 21 heavy (non-hydrogen) atoms. The van der Waals surface area contributed by atoms with Crippen molar-refractivity contribution in [3.05, 3.63) is 0 Å². The summed E-state index contributed by atoms with van der Waals surface area (Å²) < 4.78 is 0. The molecule has 0 spiro atoms. The molecule has 0 bridgehead atoms. The maximum Gasteiger partial charge on any atom is 0.230 e. The molecule has 1 saturated carbocycles. The topological polar surface area (TPSA) is 87.7 Å². The highest BCUT2D eigenvalue weighted by atomic mass is 16.4. The average Bonchev–Trinajstić information content (AvgIpc) is 2.89. The fraction of sp³-hybridized carbons (Fsp3) is 0.875. The van der Waals surface area contributed by atoms with Gasteiger partial charge in [-0.15, -0.1) is 0 Å². The standard InChI is InChI=1S/C16H31N3O2/c1-4-7-13(14(17)19-21)15(20)18-11-16(10-12(2)3)8-5-6-9-16/h12-13,21H,4-11H2,1-3H3,(H2,17,19)(H,18,20). The molecule has 0 heterocycles. The van der Waals surface area contributed by atoms with Crippen molar-refractivity contribution in [1.82, 2.24) is 5.32 Å². The maximum absolute atomic E-state index is 12.3. The molecule has 1 amide bonds. The van der Waals surface area contributed by atoms with Gasteiger partial charge in [0.25, 0.3) is 0 Å². The second kappa shape index (κ2) is 8.25. The van der Waals surface area contributed by atoms with Crippen molar-refractivity contribution >= 4 is 11.7 Å². The van der Waals surface area contributed by atoms with Crippen molar-refractivity contribution in [2.24, 2.45) is 28.1 Å². The van der Waals surface area contributed by atoms with Gasteiger partial charge in [-0.25, -0.2) is 0 Å². The lowest BCUT2D eigenvalue weighted by molar-refractivity contribution is -0.123. The normalized spacial score (nSPS) is 19.7. The van der Waals surface area contributed by atoms with Crippen LogP contribution < -0.4 is 11.1 Å². The molecule has 122 valence electrons. The zero-order chi connectivity index (χ0) is 15.9. The number of amidine groups is 1. The van der Waals surface area contributed by atoms with E-state index in [0.29, 0.717) is 18.9 Å². The quantitative estimate of drug-likeness (QED) is 0.278. The minimum atomic E-state index is -0.516. The lowest BCUT2D eigenvalue weighted by Gasteiger charge is -2.31. The summed E-state index contributed by atoms with van der Waals surface area (Å²) in [7, 11) is 0. The largest absolute Gasteiger partial charge is 0.409 e. The third-order valence-corrected chi connectivity index (χ3v) is 4.51. The average molecular weight is 297 g/mol. The first-order valence-electron chi connectivity index (χ1n) is 8.19. The Morgan fingerprint density at radius 1 is 1.38 bits per heavy atom. The Bertz CT molecular complexity index is 361. The van der Waals surface area contributed by atoms with Crippen molar-refractivity contribution in [2.45, 2.75) is 65.7 Å². The van der Waals surface area contributed by atoms with E-state index in [-0.39, 0.29) is 17.2 Å². The molecule has 0 aromatic carbocycles. The summed E-state index contributed by atoms with van der Waals surface area (Å²) in [5, 5.41) is 14.9. The smallest absolute Gasteiger partial charge is 0.230 e. The van der Waals surface area contributed by atoms with Crippen molar-refractivity contribution < 1.29 is 10.0 Å². The van der Waals surface area contributed by atoms with Crippen molar-refractivity contribution in [1.29, 1.82) is 0 Å². The predicted octanol–water partition coefficient (Wildman–Crippen LogP) is 2.87. The molecule has 5 nitrogen and oxygen atoms in total. The van der Waals surface area contributed by atoms with Gasteiger partial charge in [-0.2, -0.15) is 0 Å². The molecule has 1 aliphatic rings. The summed E-state index contributed by atoms with van der Waals surface area (Å²) in [6.07, 6.45) is 7.46. The summed E-state index contributed by atoms with van der Waals surface area (Å²) in [5.41, 5.74) is 5.88. The molecular formula is C16H31N3O2. The van der Waals surface area contributed by atoms with Crippen LogP contribution in [0.25, 0.3) is 0 Å². The number of oxime groups is 1. The first kappa shape index (κ1) is 17.8. The second-order valence-electron chi connectivity index (χ2n) is 6.89. The van der Waals surface area contributed by atoms with Crippen LogP contribution in [0.3, 0.4) is 0 Å². The summed E-state index contributed by atoms with van der Waals surface area (Å²) >= 11 is 0. The Hall–Kier alpha value is -1.26. The van der Waals surface area contributed by atoms with Crippen LogP contribution in [0.4, 0.5) is 0 Å². The van der Waals surface area contributed by atoms with Crippen LogP contribution in [-0.2, 0) is 4.79 Å². The molecule has 0 aromatic rings. The monoisotopic (exact) mass is 297 g/mol. The highest BCUT2D eigenvalue weighted by molar-refractivity contribution is 6.02. The molecule has 1 atom stereocenters. The molecule has 1 unspecified atom stereocenters. The van der Waals surface area contributed by atoms with Gasteiger partial charge in [0, 0.05) is 6.54 Å². The van der Waals surface area contributed by atoms with Crippen LogP contribution in [0.5, 0.6) is 0 Å². The molecule has 0 aromatic heterocycles. The number of amides is 1. The van der Waals surface area contributed by atoms with Gasteiger partial charge in [-0.3, -0.25) is 4.79 Å². The van der Waals surface area contributed by atoms with Gasteiger partial charge in [0.15, 0.2) is 5.84 Å². The molecule has 1 aliphatic carbocycles. The van der Waals surface area contributed by atoms with Crippen LogP contribution >= 0.6 is 0 Å². The Balaban J connectivity index is 2.63. The highest BCUT2D eigenvalue weighted by Crippen LogP contribution is 2.42. The van der Waals surface area contributed by atoms with E-state index < -0.39 is 5.92 Å². The molecule has 0 aliphatic heterocycles. The number of hydrogen-bond acceptors (Lipinski definition) is 3. The van der Waals surface area contributed by atoms with E-state index in [1.165, 1.54) is 25.7 Å². The SMILES string of the molecule is CCCC(C(=O)NCC1(CC(C)C)CCCC1)C(N)=NO. The minimum Gasteiger partial charge on any atom is -0.409 e. The lowest BCUT2D eigenvalue weighted by Crippen LogP contribution is -2.43. The van der Waals surface area contributed by atoms with E-state index in [9.17, 15) is 4.79 Å². The minimum absolute atomic E-state index is 0.0127. The first-order chi connectivity index (χ1) is 9.94. The highest BCUT2D eigenvalue weighted by Gasteiger charge is 2.35. The van der Waals surface area contributed by atoms with E-state index in [1.807, 2.05) is 6.92 Å². The molecule has 0 saturated heterocycles. The lowest BCUT2D eigenvalue weighted by atomic mass is 9.78. The first-order valence-corrected chi connectivity index (χ1v) is 8.19. The van der Waals surface area contributed by atoms with Crippen LogP contribution in [-0.4, -0.2) is 23.5 Å². The fourth-order valence-corrected chi connectivity index (χ4v) is 3.61. The summed E-state index contributed by atoms with van der Waals surface area (Å²) in [4.78, 5) is 12.3. The molecule has 1 rings (SSSR count). The Morgan fingerprint density at radius 2 is 2.00 bits per heavy atom. The third kappa shape index (κ3) is 5.21. The van der Waals surface area contributed by atoms with Gasteiger partial charge in [0.05, 0.1) is 5.92 Å². The van der Waals surface area contributed by atoms with E-state index in [4.69, 9.17) is 10.9 Å². The number of rotatable bonds is 8. The van der Waals surface area contributed by atoms with Crippen LogP contribution in [0.15, 0.2) is 5.16 Å². The molecule has 5 heteroatoms. The number of hydrogen-bond donors (Lipinski definition) is 3. The summed E-state index contributed by atoms with van der Waals surface area (Å²) in [6.45, 7) is 7.17. The number of carbonyl (C=O) groups is 1. The number of nitrogens with one attached hydrogen (secondary N) is 1. The molecular weight excluding hydrogens is 266 g/mol. The maximum atomic E-state index is 12.3. The van der Waals surface area contributed by atoms with Gasteiger partial charge in [0.2, 0.25) is 5.91 Å². The van der Waals surface area contributed by atoms with Crippen molar-refractivity contribution in [3.8, 4) is 0 Å². The Kier molecular flexibility index (Phi) is 6.99. The molecule has 4 N–H and O–H groups in total. The number of carbonyl (C=O) groups excluding carboxylic acids is 1.